The molecule has 13 heavy (non-hydrogen) atoms. The highest BCUT2D eigenvalue weighted by Crippen LogP contribution is 2.34. The lowest BCUT2D eigenvalue weighted by Gasteiger charge is -2.34. The molecule has 3 N–H and O–H groups in total. The van der Waals surface area contributed by atoms with Gasteiger partial charge in [-0.3, -0.25) is 0 Å². The molecule has 0 aliphatic heterocycles. The molecule has 0 amide bonds. The second kappa shape index (κ2) is 4.97. The summed E-state index contributed by atoms with van der Waals surface area (Å²) < 4.78 is 0. The summed E-state index contributed by atoms with van der Waals surface area (Å²) in [5.41, 5.74) is 5.25. The first-order valence-electron chi connectivity index (χ1n) is 5.65. The topological polar surface area (TPSA) is 46.2 Å². The first-order valence-corrected chi connectivity index (χ1v) is 5.65. The maximum Gasteiger partial charge on any atom is 0.0687 e. The van der Waals surface area contributed by atoms with Gasteiger partial charge in [0.05, 0.1) is 5.60 Å². The van der Waals surface area contributed by atoms with Crippen LogP contribution in [0.4, 0.5) is 0 Å². The second-order valence-electron chi connectivity index (χ2n) is 4.36. The van der Waals surface area contributed by atoms with Gasteiger partial charge in [-0.15, -0.1) is 0 Å². The Kier molecular flexibility index (Phi) is 4.20. The zero-order chi connectivity index (χ0) is 9.73. The van der Waals surface area contributed by atoms with E-state index in [1.807, 2.05) is 0 Å². The highest BCUT2D eigenvalue weighted by Gasteiger charge is 2.34. The Morgan fingerprint density at radius 2 is 1.77 bits per heavy atom. The van der Waals surface area contributed by atoms with Gasteiger partial charge in [-0.25, -0.2) is 0 Å². The predicted octanol–water partition coefficient (Wildman–Crippen LogP) is 2.06. The molecule has 1 saturated carbocycles. The Morgan fingerprint density at radius 3 is 2.15 bits per heavy atom. The van der Waals surface area contributed by atoms with Crippen LogP contribution in [0.25, 0.3) is 0 Å². The van der Waals surface area contributed by atoms with Crippen LogP contribution in [0.15, 0.2) is 0 Å². The SMILES string of the molecule is CCC(CN)C1(O)CCCCCC1. The summed E-state index contributed by atoms with van der Waals surface area (Å²) in [5, 5.41) is 10.4. The Morgan fingerprint density at radius 1 is 1.23 bits per heavy atom. The highest BCUT2D eigenvalue weighted by atomic mass is 16.3. The van der Waals surface area contributed by atoms with Gasteiger partial charge in [0.2, 0.25) is 0 Å². The summed E-state index contributed by atoms with van der Waals surface area (Å²) in [7, 11) is 0. The third kappa shape index (κ3) is 2.68. The zero-order valence-corrected chi connectivity index (χ0v) is 8.76. The minimum atomic E-state index is -0.444. The molecule has 0 radical (unpaired) electrons. The molecule has 1 rings (SSSR count). The van der Waals surface area contributed by atoms with E-state index in [9.17, 15) is 5.11 Å². The van der Waals surface area contributed by atoms with Gasteiger partial charge in [0.15, 0.2) is 0 Å². The van der Waals surface area contributed by atoms with Crippen molar-refractivity contribution in [3.05, 3.63) is 0 Å². The quantitative estimate of drug-likeness (QED) is 0.661. The maximum atomic E-state index is 10.4. The lowest BCUT2D eigenvalue weighted by molar-refractivity contribution is -0.0302. The molecule has 0 bridgehead atoms. The summed E-state index contributed by atoms with van der Waals surface area (Å²) in [4.78, 5) is 0. The van der Waals surface area contributed by atoms with Crippen molar-refractivity contribution in [2.45, 2.75) is 57.5 Å². The Balaban J connectivity index is 2.58. The van der Waals surface area contributed by atoms with E-state index in [1.165, 1.54) is 25.7 Å². The molecule has 0 spiro atoms. The molecule has 0 saturated heterocycles. The summed E-state index contributed by atoms with van der Waals surface area (Å²) in [6, 6.07) is 0. The number of nitrogens with two attached hydrogens (primary N) is 1. The van der Waals surface area contributed by atoms with Gasteiger partial charge in [0, 0.05) is 0 Å². The Labute approximate surface area is 81.5 Å². The normalized spacial score (nSPS) is 25.2. The van der Waals surface area contributed by atoms with Crippen molar-refractivity contribution in [1.29, 1.82) is 0 Å². The monoisotopic (exact) mass is 185 g/mol. The van der Waals surface area contributed by atoms with Crippen LogP contribution in [0.3, 0.4) is 0 Å². The number of aliphatic hydroxyl groups is 1. The molecular formula is C11H23NO. The fourth-order valence-electron chi connectivity index (χ4n) is 2.52. The van der Waals surface area contributed by atoms with Gasteiger partial charge < -0.3 is 10.8 Å². The molecule has 0 aromatic carbocycles. The molecule has 0 aromatic rings. The largest absolute Gasteiger partial charge is 0.390 e. The van der Waals surface area contributed by atoms with E-state index >= 15 is 0 Å². The fraction of sp³-hybridized carbons (Fsp3) is 1.00. The lowest BCUT2D eigenvalue weighted by Crippen LogP contribution is -2.41. The molecular weight excluding hydrogens is 162 g/mol. The fourth-order valence-corrected chi connectivity index (χ4v) is 2.52. The van der Waals surface area contributed by atoms with E-state index < -0.39 is 5.60 Å². The van der Waals surface area contributed by atoms with E-state index in [2.05, 4.69) is 6.92 Å². The summed E-state index contributed by atoms with van der Waals surface area (Å²) in [6.07, 6.45) is 7.84. The Bertz CT molecular complexity index is 135. The van der Waals surface area contributed by atoms with Gasteiger partial charge in [-0.1, -0.05) is 32.6 Å². The van der Waals surface area contributed by atoms with Crippen LogP contribution < -0.4 is 5.73 Å². The molecule has 1 unspecified atom stereocenters. The van der Waals surface area contributed by atoms with Gasteiger partial charge in [0.1, 0.15) is 0 Å². The number of hydrogen-bond donors (Lipinski definition) is 2. The van der Waals surface area contributed by atoms with Gasteiger partial charge in [0.25, 0.3) is 0 Å². The van der Waals surface area contributed by atoms with Gasteiger partial charge in [-0.2, -0.15) is 0 Å². The van der Waals surface area contributed by atoms with Gasteiger partial charge >= 0.3 is 0 Å². The Hall–Kier alpha value is -0.0800. The smallest absolute Gasteiger partial charge is 0.0687 e. The first-order chi connectivity index (χ1) is 6.23. The molecule has 2 heteroatoms. The van der Waals surface area contributed by atoms with E-state index in [-0.39, 0.29) is 0 Å². The highest BCUT2D eigenvalue weighted by molar-refractivity contribution is 4.87. The van der Waals surface area contributed by atoms with Crippen LogP contribution in [-0.2, 0) is 0 Å². The lowest BCUT2D eigenvalue weighted by atomic mass is 9.80. The van der Waals surface area contributed by atoms with Crippen LogP contribution >= 0.6 is 0 Å². The molecule has 0 aromatic heterocycles. The molecule has 1 fully saturated rings. The molecule has 0 heterocycles. The van der Waals surface area contributed by atoms with Crippen molar-refractivity contribution in [3.8, 4) is 0 Å². The average molecular weight is 185 g/mol. The van der Waals surface area contributed by atoms with Crippen LogP contribution in [0.1, 0.15) is 51.9 Å². The minimum absolute atomic E-state index is 0.311. The third-order valence-electron chi connectivity index (χ3n) is 3.51. The van der Waals surface area contributed by atoms with Crippen LogP contribution in [0.2, 0.25) is 0 Å². The minimum Gasteiger partial charge on any atom is -0.390 e. The van der Waals surface area contributed by atoms with Crippen LogP contribution in [0.5, 0.6) is 0 Å². The average Bonchev–Trinajstić information content (AvgIpc) is 2.33. The maximum absolute atomic E-state index is 10.4. The molecule has 1 aliphatic carbocycles. The van der Waals surface area contributed by atoms with E-state index in [0.29, 0.717) is 12.5 Å². The summed E-state index contributed by atoms with van der Waals surface area (Å²) in [6.45, 7) is 2.76. The van der Waals surface area contributed by atoms with Crippen molar-refractivity contribution in [3.63, 3.8) is 0 Å². The van der Waals surface area contributed by atoms with E-state index in [4.69, 9.17) is 5.73 Å². The van der Waals surface area contributed by atoms with Crippen LogP contribution in [-0.4, -0.2) is 17.3 Å². The van der Waals surface area contributed by atoms with E-state index in [1.54, 1.807) is 0 Å². The van der Waals surface area contributed by atoms with Crippen molar-refractivity contribution < 1.29 is 5.11 Å². The second-order valence-corrected chi connectivity index (χ2v) is 4.36. The van der Waals surface area contributed by atoms with Crippen molar-refractivity contribution in [2.24, 2.45) is 11.7 Å². The van der Waals surface area contributed by atoms with Gasteiger partial charge in [-0.05, 0) is 31.7 Å². The zero-order valence-electron chi connectivity index (χ0n) is 8.76. The van der Waals surface area contributed by atoms with Crippen molar-refractivity contribution in [1.82, 2.24) is 0 Å². The van der Waals surface area contributed by atoms with E-state index in [0.717, 1.165) is 19.3 Å². The molecule has 2 nitrogen and oxygen atoms in total. The molecule has 78 valence electrons. The third-order valence-corrected chi connectivity index (χ3v) is 3.51. The van der Waals surface area contributed by atoms with Crippen molar-refractivity contribution >= 4 is 0 Å². The summed E-state index contributed by atoms with van der Waals surface area (Å²) in [5.74, 6) is 0.311. The number of hydrogen-bond acceptors (Lipinski definition) is 2. The molecule has 1 aliphatic rings. The predicted molar refractivity (Wildman–Crippen MR) is 55.5 cm³/mol. The summed E-state index contributed by atoms with van der Waals surface area (Å²) >= 11 is 0. The van der Waals surface area contributed by atoms with Crippen LogP contribution in [0, 0.1) is 5.92 Å². The number of rotatable bonds is 3. The standard InChI is InChI=1S/C11H23NO/c1-2-10(9-12)11(13)7-5-3-4-6-8-11/h10,13H,2-9,12H2,1H3. The van der Waals surface area contributed by atoms with Crippen molar-refractivity contribution in [2.75, 3.05) is 6.54 Å². The first kappa shape index (κ1) is 11.0. The molecule has 1 atom stereocenters.